The number of halogens is 1. The van der Waals surface area contributed by atoms with Crippen molar-refractivity contribution < 1.29 is 54.2 Å². The van der Waals surface area contributed by atoms with Gasteiger partial charge in [-0.15, -0.1) is 28.2 Å². The fourth-order valence-electron chi connectivity index (χ4n) is 3.30. The molecule has 18 heteroatoms. The van der Waals surface area contributed by atoms with Gasteiger partial charge in [0.25, 0.3) is 11.8 Å². The van der Waals surface area contributed by atoms with Crippen LogP contribution in [0.1, 0.15) is 18.8 Å². The van der Waals surface area contributed by atoms with Crippen molar-refractivity contribution in [2.24, 2.45) is 0 Å². The number of aliphatic hydroxyl groups is 1. The molecule has 13 nitrogen and oxygen atoms in total. The molecule has 2 aromatic heterocycles. The number of rotatable bonds is 8. The number of aliphatic hydroxyl groups excluding tert-OH is 1. The number of aromatic nitrogens is 5. The van der Waals surface area contributed by atoms with Crippen molar-refractivity contribution in [2.45, 2.75) is 29.7 Å². The summed E-state index contributed by atoms with van der Waals surface area (Å²) in [5, 5.41) is 36.6. The van der Waals surface area contributed by atoms with Crippen LogP contribution >= 0.6 is 46.5 Å². The van der Waals surface area contributed by atoms with Crippen LogP contribution in [-0.4, -0.2) is 75.9 Å². The predicted octanol–water partition coefficient (Wildman–Crippen LogP) is -4.00. The van der Waals surface area contributed by atoms with E-state index in [0.717, 1.165) is 33.5 Å². The normalized spacial score (nSPS) is 20.6. The third-order valence-electron chi connectivity index (χ3n) is 4.87. The number of thiazole rings is 1. The minimum absolute atomic E-state index is 0. The number of amides is 2. The van der Waals surface area contributed by atoms with Crippen LogP contribution in [-0.2, 0) is 14.4 Å². The average molecular weight is 567 g/mol. The Morgan fingerprint density at radius 2 is 2.26 bits per heavy atom. The molecule has 1 fully saturated rings. The van der Waals surface area contributed by atoms with Crippen LogP contribution in [0.5, 0.6) is 0 Å². The van der Waals surface area contributed by atoms with Crippen molar-refractivity contribution in [3.8, 4) is 0 Å². The van der Waals surface area contributed by atoms with E-state index in [9.17, 15) is 24.6 Å². The molecule has 0 radical (unpaired) electrons. The summed E-state index contributed by atoms with van der Waals surface area (Å²) in [7, 11) is 0. The molecule has 2 unspecified atom stereocenters. The van der Waals surface area contributed by atoms with Gasteiger partial charge < -0.3 is 26.1 Å². The number of carbonyl (C=O) groups excluding carboxylic acids is 3. The molecular weight excluding hydrogens is 551 g/mol. The predicted molar refractivity (Wildman–Crippen MR) is 123 cm³/mol. The SMILES string of the molecule is CC(O)n1nnnc1SCC1=C(C(=O)[O-])N2C(=O)C(NC(=O)C(=CCl)c3csc(N)n3)[C@@H]2SC1.[Na+]. The van der Waals surface area contributed by atoms with E-state index in [4.69, 9.17) is 17.3 Å². The number of hydrogen-bond acceptors (Lipinski definition) is 13. The Hall–Kier alpha value is -1.66. The van der Waals surface area contributed by atoms with Gasteiger partial charge in [-0.05, 0) is 22.9 Å². The van der Waals surface area contributed by atoms with Crippen LogP contribution in [0, 0.1) is 0 Å². The van der Waals surface area contributed by atoms with Gasteiger partial charge in [0.2, 0.25) is 5.16 Å². The van der Waals surface area contributed by atoms with Crippen molar-refractivity contribution >= 4 is 74.9 Å². The number of anilines is 1. The second kappa shape index (κ2) is 11.6. The van der Waals surface area contributed by atoms with Crippen molar-refractivity contribution in [1.29, 1.82) is 0 Å². The standard InChI is InChI=1S/C17H17ClN8O5S3.Na/c1-6(27)26-17(22-23-24-26)34-4-7-3-32-14-10(13(29)25(14)11(7)15(30)31)21-12(28)8(2-18)9-5-33-16(19)20-9;/h2,5-6,10,14,27H,3-4H2,1H3,(H2,19,20)(H,21,28)(H,30,31);/q;+1/p-1/t6?,10?,14-;/m0./s1. The third kappa shape index (κ3) is 5.53. The Morgan fingerprint density at radius 1 is 1.51 bits per heavy atom. The number of thioether (sulfide) groups is 2. The van der Waals surface area contributed by atoms with Crippen molar-refractivity contribution in [3.63, 3.8) is 0 Å². The number of fused-ring (bicyclic) bond motifs is 1. The van der Waals surface area contributed by atoms with E-state index in [1.807, 2.05) is 0 Å². The fourth-order valence-corrected chi connectivity index (χ4v) is 6.51. The number of nitrogens with zero attached hydrogens (tertiary/aromatic N) is 6. The van der Waals surface area contributed by atoms with E-state index >= 15 is 0 Å². The number of aliphatic carboxylic acids is 1. The van der Waals surface area contributed by atoms with Gasteiger partial charge in [-0.2, -0.15) is 4.68 Å². The van der Waals surface area contributed by atoms with E-state index in [1.54, 1.807) is 5.38 Å². The molecule has 2 aliphatic heterocycles. The Morgan fingerprint density at radius 3 is 2.86 bits per heavy atom. The van der Waals surface area contributed by atoms with Gasteiger partial charge in [-0.3, -0.25) is 14.5 Å². The van der Waals surface area contributed by atoms with Crippen LogP contribution in [0.2, 0.25) is 0 Å². The summed E-state index contributed by atoms with van der Waals surface area (Å²) in [5.41, 5.74) is 7.13. The molecule has 180 valence electrons. The second-order valence-corrected chi connectivity index (χ2v) is 10.2. The summed E-state index contributed by atoms with van der Waals surface area (Å²) in [4.78, 5) is 42.6. The van der Waals surface area contributed by atoms with Crippen molar-refractivity contribution in [3.05, 3.63) is 27.9 Å². The Kier molecular flexibility index (Phi) is 9.25. The average Bonchev–Trinajstić information content (AvgIpc) is 3.44. The summed E-state index contributed by atoms with van der Waals surface area (Å²) in [5.74, 6) is -2.31. The number of nitrogens with one attached hydrogen (secondary N) is 1. The molecule has 35 heavy (non-hydrogen) atoms. The van der Waals surface area contributed by atoms with Crippen molar-refractivity contribution in [1.82, 2.24) is 35.4 Å². The van der Waals surface area contributed by atoms with Crippen LogP contribution in [0.15, 0.2) is 27.3 Å². The Bertz CT molecular complexity index is 1220. The maximum absolute atomic E-state index is 12.8. The van der Waals surface area contributed by atoms with E-state index < -0.39 is 35.4 Å². The smallest absolute Gasteiger partial charge is 0.543 e. The number of nitrogens with two attached hydrogens (primary N) is 1. The number of carboxylic acids is 1. The number of carbonyl (C=O) groups is 3. The summed E-state index contributed by atoms with van der Waals surface area (Å²) in [6, 6.07) is -0.953. The van der Waals surface area contributed by atoms with E-state index in [0.29, 0.717) is 5.57 Å². The van der Waals surface area contributed by atoms with Gasteiger partial charge in [0.15, 0.2) is 5.13 Å². The van der Waals surface area contributed by atoms with Gasteiger partial charge >= 0.3 is 29.6 Å². The molecule has 0 aromatic carbocycles. The maximum atomic E-state index is 12.8. The van der Waals surface area contributed by atoms with Gasteiger partial charge in [0.1, 0.15) is 17.6 Å². The zero-order chi connectivity index (χ0) is 24.6. The molecule has 3 atom stereocenters. The molecule has 0 spiro atoms. The molecule has 4 heterocycles. The van der Waals surface area contributed by atoms with Crippen LogP contribution in [0.25, 0.3) is 5.57 Å². The molecule has 0 aliphatic carbocycles. The van der Waals surface area contributed by atoms with E-state index in [2.05, 4.69) is 25.8 Å². The topological polar surface area (TPSA) is 192 Å². The van der Waals surface area contributed by atoms with Crippen LogP contribution < -0.4 is 45.7 Å². The minimum atomic E-state index is -1.51. The number of nitrogen functional groups attached to an aromatic ring is 1. The van der Waals surface area contributed by atoms with Gasteiger partial charge in [-0.1, -0.05) is 23.4 Å². The Labute approximate surface area is 237 Å². The number of hydrogen-bond donors (Lipinski definition) is 3. The quantitative estimate of drug-likeness (QED) is 0.122. The molecule has 4 N–H and O–H groups in total. The molecular formula is C17H16ClN8NaO5S3. The molecule has 2 amide bonds. The number of carboxylic acid groups (broad SMARTS) is 1. The molecule has 2 aromatic rings. The first-order chi connectivity index (χ1) is 16.2. The first-order valence-electron chi connectivity index (χ1n) is 9.52. The molecule has 0 saturated carbocycles. The van der Waals surface area contributed by atoms with E-state index in [-0.39, 0.29) is 68.3 Å². The van der Waals surface area contributed by atoms with Gasteiger partial charge in [0, 0.05) is 22.4 Å². The summed E-state index contributed by atoms with van der Waals surface area (Å²) in [6.07, 6.45) is -0.966. The zero-order valence-electron chi connectivity index (χ0n) is 18.2. The van der Waals surface area contributed by atoms with E-state index in [1.165, 1.54) is 23.4 Å². The maximum Gasteiger partial charge on any atom is 1.00 e. The zero-order valence-corrected chi connectivity index (χ0v) is 23.4. The number of β-lactam (4-membered cyclic amide) rings is 1. The van der Waals surface area contributed by atoms with Crippen molar-refractivity contribution in [2.75, 3.05) is 17.2 Å². The largest absolute Gasteiger partial charge is 1.00 e. The minimum Gasteiger partial charge on any atom is -0.543 e. The molecule has 4 rings (SSSR count). The number of tetrazole rings is 1. The first kappa shape index (κ1) is 27.9. The molecule has 1 saturated heterocycles. The van der Waals surface area contributed by atoms with Gasteiger partial charge in [0.05, 0.1) is 22.9 Å². The first-order valence-corrected chi connectivity index (χ1v) is 12.9. The molecule has 2 aliphatic rings. The fraction of sp³-hybridized carbons (Fsp3) is 0.353. The van der Waals surface area contributed by atoms with Crippen LogP contribution in [0.3, 0.4) is 0 Å². The summed E-state index contributed by atoms with van der Waals surface area (Å²) < 4.78 is 1.18. The van der Waals surface area contributed by atoms with Crippen LogP contribution in [0.4, 0.5) is 5.13 Å². The summed E-state index contributed by atoms with van der Waals surface area (Å²) >= 11 is 9.33. The molecule has 0 bridgehead atoms. The second-order valence-electron chi connectivity index (χ2n) is 7.02. The monoisotopic (exact) mass is 566 g/mol. The third-order valence-corrected chi connectivity index (χ3v) is 8.12. The Balaban J connectivity index is 0.00000342. The summed E-state index contributed by atoms with van der Waals surface area (Å²) in [6.45, 7) is 1.48. The van der Waals surface area contributed by atoms with Gasteiger partial charge in [-0.25, -0.2) is 4.98 Å².